The summed E-state index contributed by atoms with van der Waals surface area (Å²) in [6.07, 6.45) is 6.30. The molecule has 1 aromatic heterocycles. The Hall–Kier alpha value is -3.11. The van der Waals surface area contributed by atoms with Crippen molar-refractivity contribution >= 4 is 21.6 Å². The largest absolute Gasteiger partial charge is 0.326 e. The summed E-state index contributed by atoms with van der Waals surface area (Å²) in [5.74, 6) is -0.110. The minimum absolute atomic E-state index is 0.110. The summed E-state index contributed by atoms with van der Waals surface area (Å²) in [5, 5.41) is 13.9. The van der Waals surface area contributed by atoms with Crippen molar-refractivity contribution in [1.82, 2.24) is 24.5 Å². The number of nitrogens with zero attached hydrogens (tertiary/aromatic N) is 5. The van der Waals surface area contributed by atoms with Gasteiger partial charge >= 0.3 is 0 Å². The number of hydrogen-bond acceptors (Lipinski definition) is 6. The van der Waals surface area contributed by atoms with Gasteiger partial charge < -0.3 is 5.32 Å². The Balaban J connectivity index is 1.30. The number of hydrogen-bond donors (Lipinski definition) is 1. The number of sulfonamides is 1. The lowest BCUT2D eigenvalue weighted by Crippen LogP contribution is -2.31. The molecule has 1 aliphatic rings. The van der Waals surface area contributed by atoms with E-state index in [-0.39, 0.29) is 5.91 Å². The van der Waals surface area contributed by atoms with Crippen molar-refractivity contribution in [2.24, 2.45) is 0 Å². The van der Waals surface area contributed by atoms with Crippen LogP contribution >= 0.6 is 0 Å². The van der Waals surface area contributed by atoms with E-state index < -0.39 is 10.0 Å². The highest BCUT2D eigenvalue weighted by Crippen LogP contribution is 2.21. The maximum Gasteiger partial charge on any atom is 0.243 e. The summed E-state index contributed by atoms with van der Waals surface area (Å²) in [5.41, 5.74) is 2.40. The molecule has 1 fully saturated rings. The van der Waals surface area contributed by atoms with E-state index in [0.717, 1.165) is 36.9 Å². The predicted molar refractivity (Wildman–Crippen MR) is 120 cm³/mol. The molecule has 3 aromatic rings. The Bertz CT molecular complexity index is 1120. The summed E-state index contributed by atoms with van der Waals surface area (Å²) in [6.45, 7) is 1.17. The van der Waals surface area contributed by atoms with Crippen molar-refractivity contribution in [2.45, 2.75) is 43.4 Å². The van der Waals surface area contributed by atoms with Crippen LogP contribution in [0.15, 0.2) is 59.8 Å². The van der Waals surface area contributed by atoms with Gasteiger partial charge in [-0.2, -0.15) is 4.31 Å². The molecule has 0 spiro atoms. The third-order valence-electron chi connectivity index (χ3n) is 5.53. The first-order chi connectivity index (χ1) is 15.5. The predicted octanol–water partition coefficient (Wildman–Crippen LogP) is 2.80. The first-order valence-corrected chi connectivity index (χ1v) is 12.2. The van der Waals surface area contributed by atoms with E-state index in [1.807, 2.05) is 12.1 Å². The molecule has 1 saturated heterocycles. The highest BCUT2D eigenvalue weighted by Gasteiger charge is 2.24. The van der Waals surface area contributed by atoms with Crippen LogP contribution in [0.1, 0.15) is 37.7 Å². The lowest BCUT2D eigenvalue weighted by atomic mass is 10.1. The monoisotopic (exact) mass is 454 g/mol. The van der Waals surface area contributed by atoms with Crippen LogP contribution in [-0.2, 0) is 21.2 Å². The van der Waals surface area contributed by atoms with E-state index in [1.165, 1.54) is 11.0 Å². The minimum Gasteiger partial charge on any atom is -0.326 e. The maximum absolute atomic E-state index is 12.9. The van der Waals surface area contributed by atoms with Gasteiger partial charge in [-0.1, -0.05) is 25.0 Å². The van der Waals surface area contributed by atoms with Gasteiger partial charge in [-0.25, -0.2) is 13.1 Å². The summed E-state index contributed by atoms with van der Waals surface area (Å²) >= 11 is 0. The highest BCUT2D eigenvalue weighted by molar-refractivity contribution is 7.89. The van der Waals surface area contributed by atoms with E-state index in [9.17, 15) is 13.2 Å². The van der Waals surface area contributed by atoms with Crippen LogP contribution in [0, 0.1) is 0 Å². The van der Waals surface area contributed by atoms with Crippen LogP contribution in [-0.4, -0.2) is 51.9 Å². The van der Waals surface area contributed by atoms with Crippen molar-refractivity contribution in [3.8, 4) is 5.69 Å². The number of carbonyl (C=O) groups excluding carboxylic acids is 1. The number of tetrazole rings is 1. The van der Waals surface area contributed by atoms with Crippen molar-refractivity contribution < 1.29 is 13.2 Å². The normalized spacial score (nSPS) is 15.2. The Morgan fingerprint density at radius 1 is 0.938 bits per heavy atom. The second-order valence-corrected chi connectivity index (χ2v) is 9.75. The van der Waals surface area contributed by atoms with Crippen LogP contribution in [0.25, 0.3) is 5.69 Å². The second-order valence-electron chi connectivity index (χ2n) is 7.81. The second kappa shape index (κ2) is 10.0. The molecule has 2 aromatic carbocycles. The third kappa shape index (κ3) is 5.38. The topological polar surface area (TPSA) is 110 Å². The van der Waals surface area contributed by atoms with Crippen LogP contribution in [0.3, 0.4) is 0 Å². The zero-order valence-corrected chi connectivity index (χ0v) is 18.5. The van der Waals surface area contributed by atoms with Gasteiger partial charge in [-0.15, -0.1) is 5.10 Å². The molecule has 0 atom stereocenters. The van der Waals surface area contributed by atoms with Crippen LogP contribution < -0.4 is 5.32 Å². The van der Waals surface area contributed by atoms with Crippen LogP contribution in [0.5, 0.6) is 0 Å². The van der Waals surface area contributed by atoms with Crippen molar-refractivity contribution in [1.29, 1.82) is 0 Å². The van der Waals surface area contributed by atoms with Crippen molar-refractivity contribution in [3.05, 3.63) is 60.4 Å². The first-order valence-electron chi connectivity index (χ1n) is 10.7. The molecule has 0 unspecified atom stereocenters. The van der Waals surface area contributed by atoms with Gasteiger partial charge in [0, 0.05) is 25.2 Å². The molecule has 0 saturated carbocycles. The number of aryl methyl sites for hydroxylation is 1. The number of rotatable bonds is 7. The summed E-state index contributed by atoms with van der Waals surface area (Å²) in [4.78, 5) is 12.6. The molecule has 168 valence electrons. The lowest BCUT2D eigenvalue weighted by Gasteiger charge is -2.20. The number of anilines is 1. The number of nitrogens with one attached hydrogen (secondary N) is 1. The standard InChI is InChI=1S/C22H26N6O3S/c29-22(24-19-8-10-20(11-9-19)28-17-23-25-26-28)14-7-18-5-12-21(13-6-18)32(30,31)27-15-3-1-2-4-16-27/h5-6,8-13,17H,1-4,7,14-16H2,(H,24,29). The van der Waals surface area contributed by atoms with Gasteiger partial charge in [0.25, 0.3) is 0 Å². The zero-order valence-electron chi connectivity index (χ0n) is 17.7. The number of carbonyl (C=O) groups is 1. The fourth-order valence-electron chi connectivity index (χ4n) is 3.72. The van der Waals surface area contributed by atoms with Crippen LogP contribution in [0.4, 0.5) is 5.69 Å². The van der Waals surface area contributed by atoms with Gasteiger partial charge in [0.2, 0.25) is 15.9 Å². The average molecular weight is 455 g/mol. The van der Waals surface area contributed by atoms with Crippen molar-refractivity contribution in [3.63, 3.8) is 0 Å². The van der Waals surface area contributed by atoms with E-state index in [1.54, 1.807) is 40.7 Å². The molecule has 9 nitrogen and oxygen atoms in total. The smallest absolute Gasteiger partial charge is 0.243 e. The van der Waals surface area contributed by atoms with Gasteiger partial charge in [-0.05, 0) is 71.7 Å². The summed E-state index contributed by atoms with van der Waals surface area (Å²) in [7, 11) is -3.45. The molecule has 2 heterocycles. The molecule has 4 rings (SSSR count). The van der Waals surface area contributed by atoms with E-state index in [4.69, 9.17) is 0 Å². The molecule has 1 aliphatic heterocycles. The number of aromatic nitrogens is 4. The van der Waals surface area contributed by atoms with E-state index >= 15 is 0 Å². The Labute approximate surface area is 187 Å². The van der Waals surface area contributed by atoms with Gasteiger partial charge in [0.1, 0.15) is 6.33 Å². The summed E-state index contributed by atoms with van der Waals surface area (Å²) in [6, 6.07) is 14.1. The van der Waals surface area contributed by atoms with Gasteiger partial charge in [-0.3, -0.25) is 4.79 Å². The maximum atomic E-state index is 12.9. The summed E-state index contributed by atoms with van der Waals surface area (Å²) < 4.78 is 28.9. The van der Waals surface area contributed by atoms with Gasteiger partial charge in [0.05, 0.1) is 10.6 Å². The first kappa shape index (κ1) is 22.1. The Kier molecular flexibility index (Phi) is 6.91. The molecule has 0 bridgehead atoms. The average Bonchev–Trinajstić information content (AvgIpc) is 3.20. The molecular formula is C22H26N6O3S. The van der Waals surface area contributed by atoms with E-state index in [2.05, 4.69) is 20.8 Å². The zero-order chi connectivity index (χ0) is 22.4. The molecule has 0 aliphatic carbocycles. The SMILES string of the molecule is O=C(CCc1ccc(S(=O)(=O)N2CCCCCC2)cc1)Nc1ccc(-n2cnnn2)cc1. The molecule has 32 heavy (non-hydrogen) atoms. The van der Waals surface area contributed by atoms with Crippen molar-refractivity contribution in [2.75, 3.05) is 18.4 Å². The minimum atomic E-state index is -3.45. The van der Waals surface area contributed by atoms with E-state index in [0.29, 0.717) is 36.5 Å². The number of amides is 1. The number of benzene rings is 2. The molecule has 0 radical (unpaired) electrons. The molecule has 10 heteroatoms. The fourth-order valence-corrected chi connectivity index (χ4v) is 5.23. The third-order valence-corrected chi connectivity index (χ3v) is 7.44. The molecule has 1 amide bonds. The lowest BCUT2D eigenvalue weighted by molar-refractivity contribution is -0.116. The molecular weight excluding hydrogens is 428 g/mol. The highest BCUT2D eigenvalue weighted by atomic mass is 32.2. The Morgan fingerprint density at radius 3 is 2.25 bits per heavy atom. The fraction of sp³-hybridized carbons (Fsp3) is 0.364. The van der Waals surface area contributed by atoms with Crippen LogP contribution in [0.2, 0.25) is 0 Å². The molecule has 1 N–H and O–H groups in total. The quantitative estimate of drug-likeness (QED) is 0.588. The van der Waals surface area contributed by atoms with Gasteiger partial charge in [0.15, 0.2) is 0 Å². The Morgan fingerprint density at radius 2 is 1.62 bits per heavy atom.